The van der Waals surface area contributed by atoms with Gasteiger partial charge in [-0.05, 0) is 26.5 Å². The number of aromatic nitrogens is 3. The summed E-state index contributed by atoms with van der Waals surface area (Å²) in [5.74, 6) is -2.81. The first-order chi connectivity index (χ1) is 16.6. The molecule has 1 N–H and O–H groups in total. The Labute approximate surface area is 203 Å². The number of nitrogens with zero attached hydrogens (tertiary/aromatic N) is 5. The number of nitrogens with one attached hydrogen (secondary N) is 1. The highest BCUT2D eigenvalue weighted by Crippen LogP contribution is 2.36. The SMILES string of the molecule is CCN1CCN(c2cc3c(N[C@H](C)c4cccc(C(C)(F)F)c4F)nc(C)nc3nc2OC)CC1. The Balaban J connectivity index is 1.73. The minimum atomic E-state index is -3.28. The molecule has 0 aliphatic carbocycles. The lowest BCUT2D eigenvalue weighted by Gasteiger charge is -2.35. The van der Waals surface area contributed by atoms with Gasteiger partial charge in [-0.2, -0.15) is 4.98 Å². The number of hydrogen-bond acceptors (Lipinski definition) is 7. The normalized spacial score (nSPS) is 15.9. The van der Waals surface area contributed by atoms with Gasteiger partial charge >= 0.3 is 0 Å². The third-order valence-corrected chi connectivity index (χ3v) is 6.42. The summed E-state index contributed by atoms with van der Waals surface area (Å²) in [5.41, 5.74) is 0.769. The Bertz CT molecular complexity index is 1210. The van der Waals surface area contributed by atoms with Gasteiger partial charge in [0.2, 0.25) is 5.88 Å². The van der Waals surface area contributed by atoms with Gasteiger partial charge in [-0.25, -0.2) is 23.1 Å². The van der Waals surface area contributed by atoms with Crippen molar-refractivity contribution in [1.82, 2.24) is 19.9 Å². The van der Waals surface area contributed by atoms with Gasteiger partial charge in [0.05, 0.1) is 24.1 Å². The summed E-state index contributed by atoms with van der Waals surface area (Å²) >= 11 is 0. The van der Waals surface area contributed by atoms with Crippen molar-refractivity contribution in [3.8, 4) is 5.88 Å². The fourth-order valence-electron chi connectivity index (χ4n) is 4.43. The summed E-state index contributed by atoms with van der Waals surface area (Å²) in [6, 6.07) is 5.35. The molecule has 10 heteroatoms. The van der Waals surface area contributed by atoms with E-state index in [0.29, 0.717) is 35.5 Å². The van der Waals surface area contributed by atoms with Crippen LogP contribution >= 0.6 is 0 Å². The molecule has 0 unspecified atom stereocenters. The van der Waals surface area contributed by atoms with Crippen molar-refractivity contribution < 1.29 is 17.9 Å². The Hall–Kier alpha value is -3.14. The zero-order chi connectivity index (χ0) is 25.3. The standard InChI is InChI=1S/C25H31F3N6O/c1-6-33-10-12-34(13-11-33)20-14-18-22(30-16(3)31-23(18)32-24(20)35-5)29-15(2)17-8-7-9-19(21(17)26)25(4,27)28/h7-9,14-15H,6,10-13H2,1-5H3,(H,29,30,31,32)/t15-/m1/s1. The number of hydrogen-bond donors (Lipinski definition) is 1. The largest absolute Gasteiger partial charge is 0.479 e. The number of benzene rings is 1. The Kier molecular flexibility index (Phi) is 7.02. The van der Waals surface area contributed by atoms with Crippen molar-refractivity contribution in [3.05, 3.63) is 47.0 Å². The molecule has 2 aromatic heterocycles. The van der Waals surface area contributed by atoms with Crippen LogP contribution < -0.4 is 15.0 Å². The lowest BCUT2D eigenvalue weighted by molar-refractivity contribution is 0.0136. The van der Waals surface area contributed by atoms with E-state index in [1.54, 1.807) is 21.0 Å². The molecule has 0 amide bonds. The Morgan fingerprint density at radius 3 is 2.49 bits per heavy atom. The molecule has 4 rings (SSSR count). The molecule has 35 heavy (non-hydrogen) atoms. The Morgan fingerprint density at radius 2 is 1.86 bits per heavy atom. The first-order valence-electron chi connectivity index (χ1n) is 11.8. The van der Waals surface area contributed by atoms with E-state index in [1.165, 1.54) is 12.1 Å². The molecule has 1 atom stereocenters. The van der Waals surface area contributed by atoms with Crippen LogP contribution in [0.3, 0.4) is 0 Å². The van der Waals surface area contributed by atoms with Crippen LogP contribution in [0.5, 0.6) is 5.88 Å². The highest BCUT2D eigenvalue weighted by Gasteiger charge is 2.30. The monoisotopic (exact) mass is 488 g/mol. The van der Waals surface area contributed by atoms with Crippen LogP contribution in [-0.4, -0.2) is 59.7 Å². The summed E-state index contributed by atoms with van der Waals surface area (Å²) in [5, 5.41) is 3.85. The molecule has 7 nitrogen and oxygen atoms in total. The molecule has 1 aliphatic rings. The predicted molar refractivity (Wildman–Crippen MR) is 131 cm³/mol. The number of aryl methyl sites for hydroxylation is 1. The molecule has 3 heterocycles. The average molecular weight is 489 g/mol. The third-order valence-electron chi connectivity index (χ3n) is 6.42. The zero-order valence-corrected chi connectivity index (χ0v) is 20.7. The van der Waals surface area contributed by atoms with Gasteiger partial charge in [-0.3, -0.25) is 0 Å². The van der Waals surface area contributed by atoms with Crippen LogP contribution in [0.2, 0.25) is 0 Å². The van der Waals surface area contributed by atoms with Gasteiger partial charge < -0.3 is 19.9 Å². The lowest BCUT2D eigenvalue weighted by atomic mass is 10.0. The molecule has 1 aromatic carbocycles. The van der Waals surface area contributed by atoms with Crippen LogP contribution in [-0.2, 0) is 5.92 Å². The quantitative estimate of drug-likeness (QED) is 0.507. The molecule has 1 saturated heterocycles. The Morgan fingerprint density at radius 1 is 1.14 bits per heavy atom. The highest BCUT2D eigenvalue weighted by atomic mass is 19.3. The van der Waals surface area contributed by atoms with Gasteiger partial charge in [0.25, 0.3) is 5.92 Å². The molecule has 0 spiro atoms. The minimum Gasteiger partial charge on any atom is -0.479 e. The maximum Gasteiger partial charge on any atom is 0.273 e. The summed E-state index contributed by atoms with van der Waals surface area (Å²) in [6.45, 7) is 10.8. The smallest absolute Gasteiger partial charge is 0.273 e. The van der Waals surface area contributed by atoms with E-state index in [9.17, 15) is 13.2 Å². The summed E-state index contributed by atoms with van der Waals surface area (Å²) in [6.07, 6.45) is 0. The number of piperazine rings is 1. The maximum absolute atomic E-state index is 15.0. The number of alkyl halides is 2. The first-order valence-corrected chi connectivity index (χ1v) is 11.8. The second kappa shape index (κ2) is 9.85. The van der Waals surface area contributed by atoms with Crippen molar-refractivity contribution >= 4 is 22.5 Å². The van der Waals surface area contributed by atoms with E-state index >= 15 is 0 Å². The van der Waals surface area contributed by atoms with Crippen molar-refractivity contribution in [3.63, 3.8) is 0 Å². The maximum atomic E-state index is 15.0. The number of pyridine rings is 1. The second-order valence-corrected chi connectivity index (χ2v) is 8.89. The second-order valence-electron chi connectivity index (χ2n) is 8.89. The number of fused-ring (bicyclic) bond motifs is 1. The van der Waals surface area contributed by atoms with Crippen molar-refractivity contribution in [1.29, 1.82) is 0 Å². The average Bonchev–Trinajstić information content (AvgIpc) is 2.82. The van der Waals surface area contributed by atoms with Crippen LogP contribution in [0.15, 0.2) is 24.3 Å². The molecule has 0 bridgehead atoms. The number of rotatable bonds is 7. The third kappa shape index (κ3) is 5.12. The first kappa shape index (κ1) is 25.0. The van der Waals surface area contributed by atoms with Gasteiger partial charge in [0.15, 0.2) is 5.65 Å². The van der Waals surface area contributed by atoms with Gasteiger partial charge in [0, 0.05) is 38.7 Å². The molecule has 3 aromatic rings. The van der Waals surface area contributed by atoms with Crippen molar-refractivity contribution in [2.24, 2.45) is 0 Å². The number of methoxy groups -OCH3 is 1. The van der Waals surface area contributed by atoms with Crippen LogP contribution in [0, 0.1) is 12.7 Å². The fourth-order valence-corrected chi connectivity index (χ4v) is 4.43. The van der Waals surface area contributed by atoms with Crippen LogP contribution in [0.1, 0.15) is 43.8 Å². The minimum absolute atomic E-state index is 0.130. The molecular formula is C25H31F3N6O. The highest BCUT2D eigenvalue weighted by molar-refractivity contribution is 5.90. The van der Waals surface area contributed by atoms with E-state index in [4.69, 9.17) is 4.74 Å². The lowest BCUT2D eigenvalue weighted by Crippen LogP contribution is -2.46. The summed E-state index contributed by atoms with van der Waals surface area (Å²) in [4.78, 5) is 18.2. The predicted octanol–water partition coefficient (Wildman–Crippen LogP) is 4.91. The topological polar surface area (TPSA) is 66.4 Å². The number of likely N-dealkylation sites (N-methyl/N-ethyl adjacent to an activating group) is 1. The number of halogens is 3. The van der Waals surface area contributed by atoms with Crippen LogP contribution in [0.4, 0.5) is 24.7 Å². The summed E-state index contributed by atoms with van der Waals surface area (Å²) < 4.78 is 48.3. The summed E-state index contributed by atoms with van der Waals surface area (Å²) in [7, 11) is 1.58. The van der Waals surface area contributed by atoms with Gasteiger partial charge in [0.1, 0.15) is 23.1 Å². The molecule has 1 aliphatic heterocycles. The number of anilines is 2. The number of ether oxygens (including phenoxy) is 1. The molecule has 1 fully saturated rings. The zero-order valence-electron chi connectivity index (χ0n) is 20.7. The van der Waals surface area contributed by atoms with E-state index in [2.05, 4.69) is 37.0 Å². The molecule has 0 saturated carbocycles. The van der Waals surface area contributed by atoms with Crippen molar-refractivity contribution in [2.45, 2.75) is 39.7 Å². The molecule has 0 radical (unpaired) electrons. The van der Waals surface area contributed by atoms with Crippen LogP contribution in [0.25, 0.3) is 11.0 Å². The molecule has 188 valence electrons. The van der Waals surface area contributed by atoms with E-state index in [1.807, 2.05) is 6.07 Å². The fraction of sp³-hybridized carbons (Fsp3) is 0.480. The van der Waals surface area contributed by atoms with Gasteiger partial charge in [-0.1, -0.05) is 25.1 Å². The van der Waals surface area contributed by atoms with E-state index in [0.717, 1.165) is 44.5 Å². The van der Waals surface area contributed by atoms with Crippen molar-refractivity contribution in [2.75, 3.05) is 50.1 Å². The van der Waals surface area contributed by atoms with E-state index < -0.39 is 23.3 Å². The van der Waals surface area contributed by atoms with Gasteiger partial charge in [-0.15, -0.1) is 0 Å². The van der Waals surface area contributed by atoms with E-state index in [-0.39, 0.29) is 5.56 Å². The molecular weight excluding hydrogens is 457 g/mol.